The number of fused-ring (bicyclic) bond motifs is 5. The SMILES string of the molecule is CC(=O)O[C@H]1CC[C@@]2(C)C(=CC[C@@H]3[C@H]4CC[C@@H]([C@H](C)C(=O)O)[C@@]4(C)CC[C@H]32)C1. The molecule has 4 rings (SSSR count). The fourth-order valence-corrected chi connectivity index (χ4v) is 8.00. The lowest BCUT2D eigenvalue weighted by Crippen LogP contribution is -2.51. The Morgan fingerprint density at radius 2 is 1.89 bits per heavy atom. The Morgan fingerprint density at radius 3 is 2.57 bits per heavy atom. The highest BCUT2D eigenvalue weighted by Crippen LogP contribution is 2.67. The lowest BCUT2D eigenvalue weighted by Gasteiger charge is -2.58. The molecule has 0 aromatic heterocycles. The number of hydrogen-bond acceptors (Lipinski definition) is 3. The van der Waals surface area contributed by atoms with Gasteiger partial charge in [0.1, 0.15) is 6.10 Å². The topological polar surface area (TPSA) is 63.6 Å². The minimum atomic E-state index is -0.629. The number of ether oxygens (including phenoxy) is 1. The van der Waals surface area contributed by atoms with E-state index in [1.165, 1.54) is 25.3 Å². The van der Waals surface area contributed by atoms with Crippen LogP contribution in [-0.2, 0) is 14.3 Å². The van der Waals surface area contributed by atoms with Crippen molar-refractivity contribution in [1.29, 1.82) is 0 Å². The fraction of sp³-hybridized carbons (Fsp3) is 0.833. The van der Waals surface area contributed by atoms with Gasteiger partial charge in [0, 0.05) is 13.3 Å². The summed E-state index contributed by atoms with van der Waals surface area (Å²) in [6.07, 6.45) is 11.3. The van der Waals surface area contributed by atoms with Crippen LogP contribution < -0.4 is 0 Å². The first-order chi connectivity index (χ1) is 13.2. The third-order valence-corrected chi connectivity index (χ3v) is 9.46. The Morgan fingerprint density at radius 1 is 1.14 bits per heavy atom. The molecule has 4 nitrogen and oxygen atoms in total. The van der Waals surface area contributed by atoms with Crippen molar-refractivity contribution in [2.24, 2.45) is 40.4 Å². The Kier molecular flexibility index (Phi) is 4.91. The van der Waals surface area contributed by atoms with Gasteiger partial charge in [-0.15, -0.1) is 0 Å². The molecule has 0 heterocycles. The van der Waals surface area contributed by atoms with Gasteiger partial charge in [0.15, 0.2) is 0 Å². The molecule has 28 heavy (non-hydrogen) atoms. The molecule has 156 valence electrons. The van der Waals surface area contributed by atoms with Gasteiger partial charge in [0.05, 0.1) is 5.92 Å². The number of esters is 1. The van der Waals surface area contributed by atoms with Crippen LogP contribution in [0.1, 0.15) is 79.1 Å². The molecule has 0 aromatic rings. The number of carboxylic acids is 1. The van der Waals surface area contributed by atoms with E-state index in [0.29, 0.717) is 23.7 Å². The molecule has 0 aromatic carbocycles. The standard InChI is InChI=1S/C24H36O4/c1-14(22(26)27)19-7-8-20-18-6-5-16-13-17(28-15(2)25)9-11-23(16,3)21(18)10-12-24(19,20)4/h5,14,17-21H,6-13H2,1-4H3,(H,26,27)/t14-,17-,18+,19-,20+,21+,23-,24+/m0/s1. The first-order valence-corrected chi connectivity index (χ1v) is 11.3. The molecule has 0 amide bonds. The molecule has 0 bridgehead atoms. The molecule has 4 heteroatoms. The quantitative estimate of drug-likeness (QED) is 0.532. The van der Waals surface area contributed by atoms with Crippen LogP contribution in [0.15, 0.2) is 11.6 Å². The molecule has 8 atom stereocenters. The smallest absolute Gasteiger partial charge is 0.306 e. The number of carbonyl (C=O) groups is 2. The van der Waals surface area contributed by atoms with Crippen LogP contribution >= 0.6 is 0 Å². The van der Waals surface area contributed by atoms with E-state index in [1.54, 1.807) is 0 Å². The van der Waals surface area contributed by atoms with E-state index in [-0.39, 0.29) is 28.8 Å². The van der Waals surface area contributed by atoms with E-state index < -0.39 is 5.97 Å². The number of hydrogen-bond donors (Lipinski definition) is 1. The monoisotopic (exact) mass is 388 g/mol. The van der Waals surface area contributed by atoms with Gasteiger partial charge in [0.2, 0.25) is 0 Å². The normalized spacial score (nSPS) is 45.9. The van der Waals surface area contributed by atoms with Gasteiger partial charge in [-0.25, -0.2) is 0 Å². The Labute approximate surface area is 169 Å². The summed E-state index contributed by atoms with van der Waals surface area (Å²) >= 11 is 0. The van der Waals surface area contributed by atoms with Crippen molar-refractivity contribution in [1.82, 2.24) is 0 Å². The van der Waals surface area contributed by atoms with Crippen molar-refractivity contribution in [3.63, 3.8) is 0 Å². The second-order valence-electron chi connectivity index (χ2n) is 10.6. The lowest BCUT2D eigenvalue weighted by atomic mass is 9.47. The van der Waals surface area contributed by atoms with E-state index in [2.05, 4.69) is 19.9 Å². The summed E-state index contributed by atoms with van der Waals surface area (Å²) in [5, 5.41) is 9.62. The molecule has 0 aliphatic heterocycles. The summed E-state index contributed by atoms with van der Waals surface area (Å²) in [7, 11) is 0. The van der Waals surface area contributed by atoms with Gasteiger partial charge >= 0.3 is 11.9 Å². The molecular formula is C24H36O4. The summed E-state index contributed by atoms with van der Waals surface area (Å²) in [6, 6.07) is 0. The number of carboxylic acid groups (broad SMARTS) is 1. The zero-order valence-electron chi connectivity index (χ0n) is 17.9. The highest BCUT2D eigenvalue weighted by atomic mass is 16.5. The summed E-state index contributed by atoms with van der Waals surface area (Å²) in [5.41, 5.74) is 1.93. The minimum absolute atomic E-state index is 0.0505. The minimum Gasteiger partial charge on any atom is -0.481 e. The fourth-order valence-electron chi connectivity index (χ4n) is 8.00. The van der Waals surface area contributed by atoms with Crippen molar-refractivity contribution >= 4 is 11.9 Å². The maximum Gasteiger partial charge on any atom is 0.306 e. The highest BCUT2D eigenvalue weighted by Gasteiger charge is 2.59. The average molecular weight is 389 g/mol. The average Bonchev–Trinajstić information content (AvgIpc) is 2.98. The van der Waals surface area contributed by atoms with Crippen LogP contribution in [-0.4, -0.2) is 23.1 Å². The molecule has 3 fully saturated rings. The number of aliphatic carboxylic acids is 1. The largest absolute Gasteiger partial charge is 0.481 e. The third kappa shape index (κ3) is 2.93. The van der Waals surface area contributed by atoms with Gasteiger partial charge < -0.3 is 9.84 Å². The van der Waals surface area contributed by atoms with E-state index in [0.717, 1.165) is 38.5 Å². The number of carbonyl (C=O) groups excluding carboxylic acids is 1. The summed E-state index contributed by atoms with van der Waals surface area (Å²) in [4.78, 5) is 23.1. The molecular weight excluding hydrogens is 352 g/mol. The van der Waals surface area contributed by atoms with Crippen LogP contribution in [0.2, 0.25) is 0 Å². The lowest BCUT2D eigenvalue weighted by molar-refractivity contribution is -0.148. The number of allylic oxidation sites excluding steroid dienone is 1. The van der Waals surface area contributed by atoms with E-state index >= 15 is 0 Å². The second-order valence-corrected chi connectivity index (χ2v) is 10.6. The van der Waals surface area contributed by atoms with E-state index in [4.69, 9.17) is 4.74 Å². The van der Waals surface area contributed by atoms with Crippen molar-refractivity contribution < 1.29 is 19.4 Å². The molecule has 4 aliphatic carbocycles. The second kappa shape index (κ2) is 6.88. The van der Waals surface area contributed by atoms with Crippen LogP contribution in [0.25, 0.3) is 0 Å². The molecule has 4 aliphatic rings. The van der Waals surface area contributed by atoms with Crippen LogP contribution in [0.4, 0.5) is 0 Å². The molecule has 0 spiro atoms. The van der Waals surface area contributed by atoms with Gasteiger partial charge in [-0.3, -0.25) is 9.59 Å². The van der Waals surface area contributed by atoms with Gasteiger partial charge in [-0.05, 0) is 79.4 Å². The van der Waals surface area contributed by atoms with Crippen molar-refractivity contribution in [3.8, 4) is 0 Å². The predicted molar refractivity (Wildman–Crippen MR) is 108 cm³/mol. The third-order valence-electron chi connectivity index (χ3n) is 9.46. The molecule has 0 radical (unpaired) electrons. The van der Waals surface area contributed by atoms with Crippen molar-refractivity contribution in [2.45, 2.75) is 85.2 Å². The first kappa shape index (κ1) is 20.0. The summed E-state index contributed by atoms with van der Waals surface area (Å²) in [5.74, 6) is 1.31. The Bertz CT molecular complexity index is 697. The van der Waals surface area contributed by atoms with Gasteiger partial charge in [-0.2, -0.15) is 0 Å². The Balaban J connectivity index is 1.57. The maximum absolute atomic E-state index is 11.7. The number of rotatable bonds is 3. The van der Waals surface area contributed by atoms with Crippen molar-refractivity contribution in [3.05, 3.63) is 11.6 Å². The van der Waals surface area contributed by atoms with E-state index in [9.17, 15) is 14.7 Å². The van der Waals surface area contributed by atoms with Gasteiger partial charge in [0.25, 0.3) is 0 Å². The first-order valence-electron chi connectivity index (χ1n) is 11.3. The summed E-state index contributed by atoms with van der Waals surface area (Å²) in [6.45, 7) is 8.28. The van der Waals surface area contributed by atoms with Crippen molar-refractivity contribution in [2.75, 3.05) is 0 Å². The van der Waals surface area contributed by atoms with Crippen LogP contribution in [0, 0.1) is 40.4 Å². The molecule has 0 saturated heterocycles. The maximum atomic E-state index is 11.7. The molecule has 3 saturated carbocycles. The predicted octanol–water partition coefficient (Wildman–Crippen LogP) is 5.22. The zero-order valence-corrected chi connectivity index (χ0v) is 17.9. The molecule has 0 unspecified atom stereocenters. The van der Waals surface area contributed by atoms with Gasteiger partial charge in [-0.1, -0.05) is 32.4 Å². The Hall–Kier alpha value is -1.32. The van der Waals surface area contributed by atoms with Crippen LogP contribution in [0.5, 0.6) is 0 Å². The summed E-state index contributed by atoms with van der Waals surface area (Å²) < 4.78 is 5.53. The van der Waals surface area contributed by atoms with Crippen LogP contribution in [0.3, 0.4) is 0 Å². The molecule has 1 N–H and O–H groups in total. The zero-order chi connectivity index (χ0) is 20.3. The highest BCUT2D eigenvalue weighted by molar-refractivity contribution is 5.70. The van der Waals surface area contributed by atoms with E-state index in [1.807, 2.05) is 6.92 Å².